The maximum absolute atomic E-state index is 8.55. The van der Waals surface area contributed by atoms with Gasteiger partial charge in [-0.2, -0.15) is 0 Å². The van der Waals surface area contributed by atoms with Crippen LogP contribution in [-0.4, -0.2) is 16.4 Å². The third-order valence-corrected chi connectivity index (χ3v) is 1.25. The first-order valence-electron chi connectivity index (χ1n) is 3.91. The number of aromatic nitrogens is 1. The minimum absolute atomic E-state index is 0.731. The second-order valence-corrected chi connectivity index (χ2v) is 2.26. The topological polar surface area (TPSA) is 42.4 Å². The van der Waals surface area contributed by atoms with E-state index in [9.17, 15) is 0 Å². The van der Waals surface area contributed by atoms with Gasteiger partial charge in [-0.1, -0.05) is 12.1 Å². The van der Waals surface area contributed by atoms with E-state index in [4.69, 9.17) is 5.11 Å². The second kappa shape index (κ2) is 5.97. The van der Waals surface area contributed by atoms with E-state index in [0.29, 0.717) is 0 Å². The van der Waals surface area contributed by atoms with E-state index in [-0.39, 0.29) is 0 Å². The van der Waals surface area contributed by atoms with Crippen LogP contribution in [0.4, 0.5) is 0 Å². The molecular weight excluding hydrogens is 166 g/mol. The molecule has 13 heavy (non-hydrogen) atoms. The van der Waals surface area contributed by atoms with Gasteiger partial charge in [-0.05, 0) is 24.3 Å². The lowest BCUT2D eigenvalue weighted by Gasteiger charge is -2.05. The van der Waals surface area contributed by atoms with Crippen LogP contribution in [-0.2, 0) is 4.74 Å². The average molecular weight is 177 g/mol. The molecule has 2 rings (SSSR count). The van der Waals surface area contributed by atoms with Crippen molar-refractivity contribution in [3.8, 4) is 0 Å². The van der Waals surface area contributed by atoms with Crippen LogP contribution >= 0.6 is 0 Å². The zero-order chi connectivity index (χ0) is 9.36. The van der Waals surface area contributed by atoms with Crippen LogP contribution < -0.4 is 0 Å². The third kappa shape index (κ3) is 4.76. The fourth-order valence-corrected chi connectivity index (χ4v) is 0.688. The molecule has 0 aliphatic carbocycles. The van der Waals surface area contributed by atoms with Crippen LogP contribution in [0.3, 0.4) is 0 Å². The summed E-state index contributed by atoms with van der Waals surface area (Å²) < 4.78 is 4.57. The van der Waals surface area contributed by atoms with Crippen LogP contribution in [0, 0.1) is 0 Å². The Morgan fingerprint density at radius 3 is 2.08 bits per heavy atom. The van der Waals surface area contributed by atoms with Crippen LogP contribution in [0.1, 0.15) is 0 Å². The highest BCUT2D eigenvalue weighted by Gasteiger charge is 1.94. The lowest BCUT2D eigenvalue weighted by Crippen LogP contribution is -2.04. The standard InChI is InChI=1S/C5H5N.C5H6O2/c1-2-4-6-5-3-1;6-5-3-1-2-4-7-5/h1-5H;1-6H. The van der Waals surface area contributed by atoms with Gasteiger partial charge in [-0.15, -0.1) is 0 Å². The number of aliphatic hydroxyl groups is 1. The lowest BCUT2D eigenvalue weighted by atomic mass is 10.4. The van der Waals surface area contributed by atoms with Gasteiger partial charge >= 0.3 is 0 Å². The van der Waals surface area contributed by atoms with E-state index in [0.717, 1.165) is 0 Å². The van der Waals surface area contributed by atoms with E-state index in [2.05, 4.69) is 9.72 Å². The highest BCUT2D eigenvalue weighted by atomic mass is 16.6. The van der Waals surface area contributed by atoms with Crippen LogP contribution in [0.2, 0.25) is 0 Å². The van der Waals surface area contributed by atoms with Gasteiger partial charge in [0.2, 0.25) is 6.29 Å². The predicted molar refractivity (Wildman–Crippen MR) is 49.6 cm³/mol. The summed E-state index contributed by atoms with van der Waals surface area (Å²) in [6.07, 6.45) is 9.22. The summed E-state index contributed by atoms with van der Waals surface area (Å²) in [5.74, 6) is 0. The summed E-state index contributed by atoms with van der Waals surface area (Å²) in [5, 5.41) is 8.55. The molecule has 1 aromatic heterocycles. The SMILES string of the molecule is OC1C=CC=CO1.c1ccncc1. The zero-order valence-electron chi connectivity index (χ0n) is 7.08. The van der Waals surface area contributed by atoms with E-state index in [1.807, 2.05) is 18.2 Å². The number of rotatable bonds is 0. The molecule has 0 aromatic carbocycles. The van der Waals surface area contributed by atoms with Crippen LogP contribution in [0.15, 0.2) is 55.1 Å². The van der Waals surface area contributed by atoms with Gasteiger partial charge in [0.05, 0.1) is 6.26 Å². The molecule has 0 spiro atoms. The average Bonchev–Trinajstić information content (AvgIpc) is 2.22. The van der Waals surface area contributed by atoms with Gasteiger partial charge in [0, 0.05) is 12.4 Å². The number of aliphatic hydroxyl groups excluding tert-OH is 1. The molecular formula is C10H11NO2. The number of nitrogens with zero attached hydrogens (tertiary/aromatic N) is 1. The van der Waals surface area contributed by atoms with Crippen molar-refractivity contribution in [2.75, 3.05) is 0 Å². The Morgan fingerprint density at radius 2 is 1.85 bits per heavy atom. The van der Waals surface area contributed by atoms with Crippen molar-refractivity contribution >= 4 is 0 Å². The molecule has 1 aliphatic heterocycles. The van der Waals surface area contributed by atoms with Crippen molar-refractivity contribution in [1.82, 2.24) is 4.98 Å². The van der Waals surface area contributed by atoms with Crippen molar-refractivity contribution in [2.24, 2.45) is 0 Å². The Hall–Kier alpha value is -1.61. The molecule has 1 N–H and O–H groups in total. The smallest absolute Gasteiger partial charge is 0.216 e. The quantitative estimate of drug-likeness (QED) is 0.652. The largest absolute Gasteiger partial charge is 0.469 e. The highest BCUT2D eigenvalue weighted by molar-refractivity contribution is 5.04. The van der Waals surface area contributed by atoms with E-state index < -0.39 is 6.29 Å². The van der Waals surface area contributed by atoms with Gasteiger partial charge in [0.25, 0.3) is 0 Å². The normalized spacial score (nSPS) is 18.4. The van der Waals surface area contributed by atoms with Crippen molar-refractivity contribution in [1.29, 1.82) is 0 Å². The van der Waals surface area contributed by atoms with Crippen molar-refractivity contribution in [3.05, 3.63) is 55.1 Å². The number of allylic oxidation sites excluding steroid dienone is 2. The maximum atomic E-state index is 8.55. The van der Waals surface area contributed by atoms with E-state index >= 15 is 0 Å². The molecule has 0 saturated heterocycles. The Bertz CT molecular complexity index is 243. The highest BCUT2D eigenvalue weighted by Crippen LogP contribution is 1.96. The summed E-state index contributed by atoms with van der Waals surface area (Å²) in [4.78, 5) is 3.78. The third-order valence-electron chi connectivity index (χ3n) is 1.25. The molecule has 0 radical (unpaired) electrons. The molecule has 0 amide bonds. The van der Waals surface area contributed by atoms with Crippen molar-refractivity contribution < 1.29 is 9.84 Å². The Kier molecular flexibility index (Phi) is 4.35. The first kappa shape index (κ1) is 9.48. The number of hydrogen-bond acceptors (Lipinski definition) is 3. The number of pyridine rings is 1. The van der Waals surface area contributed by atoms with Gasteiger partial charge in [0.15, 0.2) is 0 Å². The molecule has 1 atom stereocenters. The zero-order valence-corrected chi connectivity index (χ0v) is 7.08. The summed E-state index contributed by atoms with van der Waals surface area (Å²) in [7, 11) is 0. The van der Waals surface area contributed by atoms with Crippen molar-refractivity contribution in [2.45, 2.75) is 6.29 Å². The van der Waals surface area contributed by atoms with Crippen molar-refractivity contribution in [3.63, 3.8) is 0 Å². The Balaban J connectivity index is 0.000000132. The predicted octanol–water partition coefficient (Wildman–Crippen LogP) is 1.49. The molecule has 1 aliphatic rings. The fraction of sp³-hybridized carbons (Fsp3) is 0.100. The van der Waals surface area contributed by atoms with Gasteiger partial charge < -0.3 is 9.84 Å². The van der Waals surface area contributed by atoms with Crippen LogP contribution in [0.25, 0.3) is 0 Å². The van der Waals surface area contributed by atoms with Gasteiger partial charge in [0.1, 0.15) is 0 Å². The molecule has 0 fully saturated rings. The summed E-state index contributed by atoms with van der Waals surface area (Å²) >= 11 is 0. The van der Waals surface area contributed by atoms with Gasteiger partial charge in [-0.3, -0.25) is 4.98 Å². The summed E-state index contributed by atoms with van der Waals surface area (Å²) in [6, 6.07) is 5.72. The molecule has 3 nitrogen and oxygen atoms in total. The van der Waals surface area contributed by atoms with Crippen LogP contribution in [0.5, 0.6) is 0 Å². The van der Waals surface area contributed by atoms with E-state index in [1.165, 1.54) is 6.26 Å². The molecule has 0 saturated carbocycles. The first-order valence-corrected chi connectivity index (χ1v) is 3.91. The first-order chi connectivity index (χ1) is 6.39. The summed E-state index contributed by atoms with van der Waals surface area (Å²) in [5.41, 5.74) is 0. The molecule has 68 valence electrons. The molecule has 2 heterocycles. The number of ether oxygens (including phenoxy) is 1. The maximum Gasteiger partial charge on any atom is 0.216 e. The minimum atomic E-state index is -0.731. The monoisotopic (exact) mass is 177 g/mol. The fourth-order valence-electron chi connectivity index (χ4n) is 0.688. The molecule has 0 bridgehead atoms. The minimum Gasteiger partial charge on any atom is -0.469 e. The number of hydrogen-bond donors (Lipinski definition) is 1. The molecule has 1 unspecified atom stereocenters. The van der Waals surface area contributed by atoms with Gasteiger partial charge in [-0.25, -0.2) is 0 Å². The lowest BCUT2D eigenvalue weighted by molar-refractivity contribution is -0.0132. The second-order valence-electron chi connectivity index (χ2n) is 2.26. The molecule has 1 aromatic rings. The molecule has 3 heteroatoms. The summed E-state index contributed by atoms with van der Waals surface area (Å²) in [6.45, 7) is 0. The Labute approximate surface area is 77.0 Å². The van der Waals surface area contributed by atoms with E-state index in [1.54, 1.807) is 30.6 Å². The Morgan fingerprint density at radius 1 is 1.08 bits per heavy atom.